The summed E-state index contributed by atoms with van der Waals surface area (Å²) in [4.78, 5) is 13.9. The highest BCUT2D eigenvalue weighted by Crippen LogP contribution is 2.40. The molecule has 198 valence electrons. The van der Waals surface area contributed by atoms with Gasteiger partial charge in [-0.25, -0.2) is 0 Å². The maximum atomic E-state index is 13.2. The molecule has 2 atom stereocenters. The summed E-state index contributed by atoms with van der Waals surface area (Å²) < 4.78 is 38.3. The van der Waals surface area contributed by atoms with Gasteiger partial charge in [-0.1, -0.05) is 58.7 Å². The van der Waals surface area contributed by atoms with Gasteiger partial charge in [-0.2, -0.15) is 13.2 Å². The Bertz CT molecular complexity index is 1030. The van der Waals surface area contributed by atoms with Crippen molar-refractivity contribution in [2.24, 2.45) is 5.92 Å². The molecule has 0 aromatic heterocycles. The maximum Gasteiger partial charge on any atom is 0.416 e. The van der Waals surface area contributed by atoms with Crippen LogP contribution in [0.2, 0.25) is 0 Å². The first-order chi connectivity index (χ1) is 16.9. The highest BCUT2D eigenvalue weighted by atomic mass is 32.2. The number of ketones is 1. The van der Waals surface area contributed by atoms with Crippen LogP contribution in [-0.2, 0) is 23.8 Å². The number of hydrogen-bond donors (Lipinski definition) is 1. The van der Waals surface area contributed by atoms with Crippen LogP contribution in [0.1, 0.15) is 88.1 Å². The number of rotatable bonds is 7. The summed E-state index contributed by atoms with van der Waals surface area (Å²) in [6.07, 6.45) is 0.00276. The summed E-state index contributed by atoms with van der Waals surface area (Å²) in [5.41, 5.74) is 4.05. The van der Waals surface area contributed by atoms with Crippen LogP contribution in [0.25, 0.3) is 5.57 Å². The van der Waals surface area contributed by atoms with Crippen molar-refractivity contribution in [3.63, 3.8) is 0 Å². The first-order valence-electron chi connectivity index (χ1n) is 12.9. The largest absolute Gasteiger partial charge is 0.512 e. The molecule has 0 spiro atoms. The van der Waals surface area contributed by atoms with Crippen LogP contribution >= 0.6 is 11.8 Å². The molecular weight excluding hydrogens is 481 g/mol. The van der Waals surface area contributed by atoms with E-state index in [0.29, 0.717) is 24.8 Å². The standard InChI is InChI=1S/C27H31F3O2S.C3H8/c1-5-19-11-16(3)12-20(6-2)25(19)26-23(31)14-18(15-24(26)32)13-17(4)33-22-9-7-21(8-10-22)27(28,29)30;1-3-2/h7-12,17-18,31H,5-6,13-15H2,1-4H3;3H2,1-2H3. The van der Waals surface area contributed by atoms with Crippen LogP contribution in [0.4, 0.5) is 13.2 Å². The SMILES string of the molecule is CCC.CCc1cc(C)cc(CC)c1C1=C(O)CC(CC(C)Sc2ccc(C(F)(F)F)cc2)CC1=O. The summed E-state index contributed by atoms with van der Waals surface area (Å²) in [5, 5.41) is 11.0. The van der Waals surface area contributed by atoms with Gasteiger partial charge < -0.3 is 5.11 Å². The number of aliphatic hydroxyl groups is 1. The number of aryl methyl sites for hydroxylation is 3. The van der Waals surface area contributed by atoms with E-state index in [2.05, 4.69) is 39.8 Å². The molecule has 0 bridgehead atoms. The number of aliphatic hydroxyl groups excluding tert-OH is 1. The first kappa shape index (κ1) is 30.0. The molecule has 0 amide bonds. The predicted octanol–water partition coefficient (Wildman–Crippen LogP) is 9.37. The lowest BCUT2D eigenvalue weighted by Crippen LogP contribution is -2.22. The fourth-order valence-electron chi connectivity index (χ4n) is 4.72. The molecule has 1 aliphatic carbocycles. The van der Waals surface area contributed by atoms with Gasteiger partial charge in [-0.3, -0.25) is 4.79 Å². The number of alkyl halides is 3. The highest BCUT2D eigenvalue weighted by molar-refractivity contribution is 7.99. The minimum Gasteiger partial charge on any atom is -0.512 e. The molecular formula is C30H39F3O2S. The monoisotopic (exact) mass is 520 g/mol. The fraction of sp³-hybridized carbons (Fsp3) is 0.500. The third-order valence-corrected chi connectivity index (χ3v) is 7.30. The lowest BCUT2D eigenvalue weighted by Gasteiger charge is -2.27. The van der Waals surface area contributed by atoms with Gasteiger partial charge >= 0.3 is 6.18 Å². The van der Waals surface area contributed by atoms with E-state index in [1.54, 1.807) is 0 Å². The van der Waals surface area contributed by atoms with Gasteiger partial charge in [0.2, 0.25) is 0 Å². The lowest BCUT2D eigenvalue weighted by molar-refractivity contribution is -0.137. The Morgan fingerprint density at radius 1 is 1.00 bits per heavy atom. The topological polar surface area (TPSA) is 37.3 Å². The molecule has 0 saturated carbocycles. The second kappa shape index (κ2) is 13.4. The van der Waals surface area contributed by atoms with Crippen molar-refractivity contribution in [2.45, 2.75) is 96.4 Å². The Balaban J connectivity index is 0.00000145. The molecule has 0 aliphatic heterocycles. The van der Waals surface area contributed by atoms with E-state index >= 15 is 0 Å². The molecule has 3 rings (SSSR count). The van der Waals surface area contributed by atoms with Gasteiger partial charge in [-0.15, -0.1) is 11.8 Å². The van der Waals surface area contributed by atoms with Crippen molar-refractivity contribution in [1.29, 1.82) is 0 Å². The zero-order valence-corrected chi connectivity index (χ0v) is 23.1. The van der Waals surface area contributed by atoms with Crippen molar-refractivity contribution >= 4 is 23.1 Å². The zero-order chi connectivity index (χ0) is 27.0. The number of carbonyl (C=O) groups excluding carboxylic acids is 1. The normalized spacial score (nSPS) is 17.0. The van der Waals surface area contributed by atoms with Crippen LogP contribution in [0.5, 0.6) is 0 Å². The van der Waals surface area contributed by atoms with E-state index in [9.17, 15) is 23.1 Å². The van der Waals surface area contributed by atoms with E-state index in [4.69, 9.17) is 0 Å². The number of benzene rings is 2. The Labute approximate surface area is 218 Å². The smallest absolute Gasteiger partial charge is 0.416 e. The Morgan fingerprint density at radius 2 is 1.53 bits per heavy atom. The van der Waals surface area contributed by atoms with Crippen molar-refractivity contribution in [3.8, 4) is 0 Å². The van der Waals surface area contributed by atoms with Crippen molar-refractivity contribution in [1.82, 2.24) is 0 Å². The quantitative estimate of drug-likeness (QED) is 0.370. The number of Topliss-reactive ketones (excluding diaryl/α,β-unsaturated/α-hetero) is 1. The molecule has 0 heterocycles. The Morgan fingerprint density at radius 3 is 1.97 bits per heavy atom. The van der Waals surface area contributed by atoms with Crippen molar-refractivity contribution < 1.29 is 23.1 Å². The fourth-order valence-corrected chi connectivity index (χ4v) is 5.84. The van der Waals surface area contributed by atoms with Crippen LogP contribution in [0.3, 0.4) is 0 Å². The van der Waals surface area contributed by atoms with E-state index in [1.807, 2.05) is 13.8 Å². The highest BCUT2D eigenvalue weighted by Gasteiger charge is 2.32. The average molecular weight is 521 g/mol. The van der Waals surface area contributed by atoms with E-state index < -0.39 is 11.7 Å². The molecule has 2 unspecified atom stereocenters. The number of allylic oxidation sites excluding steroid dienone is 2. The molecule has 6 heteroatoms. The number of hydrogen-bond acceptors (Lipinski definition) is 3. The van der Waals surface area contributed by atoms with Crippen LogP contribution in [0, 0.1) is 12.8 Å². The Kier molecular flexibility index (Phi) is 11.1. The van der Waals surface area contributed by atoms with E-state index in [1.165, 1.54) is 30.3 Å². The molecule has 36 heavy (non-hydrogen) atoms. The van der Waals surface area contributed by atoms with Crippen LogP contribution in [0.15, 0.2) is 47.1 Å². The van der Waals surface area contributed by atoms with Crippen LogP contribution in [-0.4, -0.2) is 16.1 Å². The molecule has 1 aliphatic rings. The molecule has 0 saturated heterocycles. The number of carbonyl (C=O) groups is 1. The first-order valence-corrected chi connectivity index (χ1v) is 13.7. The molecule has 0 radical (unpaired) electrons. The lowest BCUT2D eigenvalue weighted by atomic mass is 9.79. The van der Waals surface area contributed by atoms with Crippen LogP contribution < -0.4 is 0 Å². The third-order valence-electron chi connectivity index (χ3n) is 6.17. The summed E-state index contributed by atoms with van der Waals surface area (Å²) in [5.74, 6) is 0.152. The average Bonchev–Trinajstić information content (AvgIpc) is 2.79. The third kappa shape index (κ3) is 7.89. The van der Waals surface area contributed by atoms with Gasteiger partial charge in [0.1, 0.15) is 5.76 Å². The zero-order valence-electron chi connectivity index (χ0n) is 22.3. The summed E-state index contributed by atoms with van der Waals surface area (Å²) in [6.45, 7) is 12.4. The minimum atomic E-state index is -4.34. The summed E-state index contributed by atoms with van der Waals surface area (Å²) in [7, 11) is 0. The maximum absolute atomic E-state index is 13.2. The molecule has 0 fully saturated rings. The number of thioether (sulfide) groups is 1. The van der Waals surface area contributed by atoms with E-state index in [0.717, 1.165) is 52.1 Å². The van der Waals surface area contributed by atoms with E-state index in [-0.39, 0.29) is 22.7 Å². The molecule has 2 aromatic carbocycles. The summed E-state index contributed by atoms with van der Waals surface area (Å²) in [6, 6.07) is 9.35. The molecule has 2 nitrogen and oxygen atoms in total. The van der Waals surface area contributed by atoms with Gasteiger partial charge in [0.15, 0.2) is 5.78 Å². The second-order valence-electron chi connectivity index (χ2n) is 9.58. The number of halogens is 3. The van der Waals surface area contributed by atoms with Gasteiger partial charge in [0.05, 0.1) is 11.1 Å². The minimum absolute atomic E-state index is 0.0128. The molecule has 1 N–H and O–H groups in total. The van der Waals surface area contributed by atoms with Crippen molar-refractivity contribution in [3.05, 3.63) is 70.0 Å². The van der Waals surface area contributed by atoms with Crippen molar-refractivity contribution in [2.75, 3.05) is 0 Å². The van der Waals surface area contributed by atoms with Gasteiger partial charge in [-0.05, 0) is 73.1 Å². The predicted molar refractivity (Wildman–Crippen MR) is 145 cm³/mol. The van der Waals surface area contributed by atoms with Gasteiger partial charge in [0.25, 0.3) is 0 Å². The van der Waals surface area contributed by atoms with Gasteiger partial charge in [0, 0.05) is 23.0 Å². The summed E-state index contributed by atoms with van der Waals surface area (Å²) >= 11 is 1.49. The molecule has 2 aromatic rings. The second-order valence-corrected chi connectivity index (χ2v) is 11.1. The Hall–Kier alpha value is -2.21.